The molecule has 1 N–H and O–H groups in total. The van der Waals surface area contributed by atoms with Crippen LogP contribution in [0.3, 0.4) is 0 Å². The first kappa shape index (κ1) is 11.0. The van der Waals surface area contributed by atoms with E-state index in [0.717, 1.165) is 31.4 Å². The summed E-state index contributed by atoms with van der Waals surface area (Å²) >= 11 is 3.42. The average Bonchev–Trinajstić information content (AvgIpc) is 2.48. The molecule has 1 heterocycles. The third-order valence-corrected chi connectivity index (χ3v) is 2.85. The molecule has 0 saturated carbocycles. The number of hydrogen-bond donors (Lipinski definition) is 1. The highest BCUT2D eigenvalue weighted by Gasteiger charge is 2.21. The summed E-state index contributed by atoms with van der Waals surface area (Å²) in [4.78, 5) is 13.2. The first-order valence-corrected chi connectivity index (χ1v) is 5.90. The third-order valence-electron chi connectivity index (χ3n) is 2.29. The smallest absolute Gasteiger partial charge is 0.217 e. The number of carbonyl (C=O) groups is 1. The van der Waals surface area contributed by atoms with Crippen LogP contribution in [0.4, 0.5) is 0 Å². The van der Waals surface area contributed by atoms with E-state index in [1.54, 1.807) is 6.92 Å². The van der Waals surface area contributed by atoms with Crippen LogP contribution in [0.1, 0.15) is 19.8 Å². The van der Waals surface area contributed by atoms with E-state index in [-0.39, 0.29) is 5.91 Å². The Morgan fingerprint density at radius 3 is 3.08 bits per heavy atom. The molecule has 0 aliphatic carbocycles. The molecule has 0 spiro atoms. The van der Waals surface area contributed by atoms with Crippen LogP contribution in [-0.2, 0) is 4.79 Å². The molecule has 0 bridgehead atoms. The summed E-state index contributed by atoms with van der Waals surface area (Å²) in [7, 11) is 0. The van der Waals surface area contributed by atoms with Crippen molar-refractivity contribution in [3.05, 3.63) is 0 Å². The normalized spacial score (nSPS) is 23.4. The quantitative estimate of drug-likeness (QED) is 0.753. The molecule has 0 aromatic rings. The van der Waals surface area contributed by atoms with Gasteiger partial charge in [0.2, 0.25) is 5.91 Å². The molecular weight excluding hydrogens is 232 g/mol. The Morgan fingerprint density at radius 2 is 2.46 bits per heavy atom. The lowest BCUT2D eigenvalue weighted by Gasteiger charge is -2.15. The molecule has 3 nitrogen and oxygen atoms in total. The van der Waals surface area contributed by atoms with E-state index < -0.39 is 0 Å². The van der Waals surface area contributed by atoms with Crippen molar-refractivity contribution >= 4 is 21.8 Å². The van der Waals surface area contributed by atoms with Gasteiger partial charge in [0, 0.05) is 31.4 Å². The van der Waals surface area contributed by atoms with Gasteiger partial charge in [0.15, 0.2) is 0 Å². The summed E-state index contributed by atoms with van der Waals surface area (Å²) in [6, 6.07) is 0.382. The Labute approximate surface area is 88.0 Å². The van der Waals surface area contributed by atoms with Gasteiger partial charge in [-0.1, -0.05) is 15.9 Å². The highest BCUT2D eigenvalue weighted by Crippen LogP contribution is 2.09. The van der Waals surface area contributed by atoms with E-state index in [2.05, 4.69) is 26.1 Å². The molecule has 13 heavy (non-hydrogen) atoms. The summed E-state index contributed by atoms with van der Waals surface area (Å²) < 4.78 is 0. The van der Waals surface area contributed by atoms with Crippen molar-refractivity contribution in [1.29, 1.82) is 0 Å². The van der Waals surface area contributed by atoms with Gasteiger partial charge in [0.25, 0.3) is 0 Å². The van der Waals surface area contributed by atoms with E-state index >= 15 is 0 Å². The largest absolute Gasteiger partial charge is 0.352 e. The number of amides is 1. The van der Waals surface area contributed by atoms with Gasteiger partial charge in [-0.15, -0.1) is 0 Å². The lowest BCUT2D eigenvalue weighted by Crippen LogP contribution is -2.35. The molecule has 0 aromatic heterocycles. The summed E-state index contributed by atoms with van der Waals surface area (Å²) in [5, 5.41) is 4.02. The summed E-state index contributed by atoms with van der Waals surface area (Å²) in [5.41, 5.74) is 0. The molecule has 0 aromatic carbocycles. The molecule has 1 atom stereocenters. The highest BCUT2D eigenvalue weighted by atomic mass is 79.9. The second-order valence-electron chi connectivity index (χ2n) is 3.53. The standard InChI is InChI=1S/C9H17BrN2O/c1-8(13)11-9-3-6-12(7-9)5-2-4-10/h9H,2-7H2,1H3,(H,11,13). The number of alkyl halides is 1. The highest BCUT2D eigenvalue weighted by molar-refractivity contribution is 9.09. The topological polar surface area (TPSA) is 32.3 Å². The molecule has 0 radical (unpaired) electrons. The van der Waals surface area contributed by atoms with E-state index in [9.17, 15) is 4.79 Å². The minimum Gasteiger partial charge on any atom is -0.352 e. The predicted octanol–water partition coefficient (Wildman–Crippen LogP) is 0.982. The van der Waals surface area contributed by atoms with Crippen LogP contribution in [0.25, 0.3) is 0 Å². The van der Waals surface area contributed by atoms with Crippen molar-refractivity contribution in [2.45, 2.75) is 25.8 Å². The second kappa shape index (κ2) is 5.60. The zero-order valence-electron chi connectivity index (χ0n) is 8.05. The number of rotatable bonds is 4. The number of nitrogens with zero attached hydrogens (tertiary/aromatic N) is 1. The Bertz CT molecular complexity index is 175. The monoisotopic (exact) mass is 248 g/mol. The lowest BCUT2D eigenvalue weighted by molar-refractivity contribution is -0.119. The second-order valence-corrected chi connectivity index (χ2v) is 4.32. The molecule has 1 saturated heterocycles. The number of halogens is 1. The third kappa shape index (κ3) is 4.09. The van der Waals surface area contributed by atoms with Gasteiger partial charge in [-0.05, 0) is 19.4 Å². The van der Waals surface area contributed by atoms with Crippen molar-refractivity contribution < 1.29 is 4.79 Å². The predicted molar refractivity (Wildman–Crippen MR) is 57.1 cm³/mol. The van der Waals surface area contributed by atoms with E-state index in [1.165, 1.54) is 6.42 Å². The van der Waals surface area contributed by atoms with Crippen LogP contribution in [0.2, 0.25) is 0 Å². The number of carbonyl (C=O) groups excluding carboxylic acids is 1. The van der Waals surface area contributed by atoms with Gasteiger partial charge in [-0.3, -0.25) is 4.79 Å². The van der Waals surface area contributed by atoms with Crippen LogP contribution in [0.5, 0.6) is 0 Å². The first-order valence-electron chi connectivity index (χ1n) is 4.78. The fourth-order valence-corrected chi connectivity index (χ4v) is 1.98. The minimum absolute atomic E-state index is 0.0901. The van der Waals surface area contributed by atoms with Crippen LogP contribution >= 0.6 is 15.9 Å². The zero-order chi connectivity index (χ0) is 9.68. The Morgan fingerprint density at radius 1 is 1.69 bits per heavy atom. The van der Waals surface area contributed by atoms with Crippen molar-refractivity contribution in [3.8, 4) is 0 Å². The zero-order valence-corrected chi connectivity index (χ0v) is 9.64. The van der Waals surface area contributed by atoms with Gasteiger partial charge in [0.05, 0.1) is 0 Å². The number of likely N-dealkylation sites (tertiary alicyclic amines) is 1. The fourth-order valence-electron chi connectivity index (χ4n) is 1.72. The fraction of sp³-hybridized carbons (Fsp3) is 0.889. The molecule has 1 fully saturated rings. The number of nitrogens with one attached hydrogen (secondary N) is 1. The number of hydrogen-bond acceptors (Lipinski definition) is 2. The minimum atomic E-state index is 0.0901. The molecule has 1 rings (SSSR count). The summed E-state index contributed by atoms with van der Waals surface area (Å²) in [6.07, 6.45) is 2.29. The van der Waals surface area contributed by atoms with E-state index in [1.807, 2.05) is 0 Å². The molecule has 1 amide bonds. The van der Waals surface area contributed by atoms with Crippen molar-refractivity contribution in [1.82, 2.24) is 10.2 Å². The Hall–Kier alpha value is -0.0900. The summed E-state index contributed by atoms with van der Waals surface area (Å²) in [6.45, 7) is 4.87. The summed E-state index contributed by atoms with van der Waals surface area (Å²) in [5.74, 6) is 0.0901. The maximum absolute atomic E-state index is 10.8. The van der Waals surface area contributed by atoms with Crippen molar-refractivity contribution in [3.63, 3.8) is 0 Å². The first-order chi connectivity index (χ1) is 6.22. The molecule has 76 valence electrons. The van der Waals surface area contributed by atoms with Crippen LogP contribution < -0.4 is 5.32 Å². The average molecular weight is 249 g/mol. The van der Waals surface area contributed by atoms with Crippen molar-refractivity contribution in [2.24, 2.45) is 0 Å². The van der Waals surface area contributed by atoms with Gasteiger partial charge in [-0.2, -0.15) is 0 Å². The van der Waals surface area contributed by atoms with E-state index in [4.69, 9.17) is 0 Å². The Balaban J connectivity index is 2.16. The van der Waals surface area contributed by atoms with Gasteiger partial charge < -0.3 is 10.2 Å². The van der Waals surface area contributed by atoms with Gasteiger partial charge >= 0.3 is 0 Å². The maximum atomic E-state index is 10.8. The van der Waals surface area contributed by atoms with E-state index in [0.29, 0.717) is 6.04 Å². The van der Waals surface area contributed by atoms with Crippen LogP contribution in [-0.4, -0.2) is 41.8 Å². The van der Waals surface area contributed by atoms with Crippen LogP contribution in [0, 0.1) is 0 Å². The maximum Gasteiger partial charge on any atom is 0.217 e. The SMILES string of the molecule is CC(=O)NC1CCN(CCCBr)C1. The van der Waals surface area contributed by atoms with Crippen LogP contribution in [0.15, 0.2) is 0 Å². The molecule has 1 aliphatic rings. The lowest BCUT2D eigenvalue weighted by atomic mass is 10.3. The van der Waals surface area contributed by atoms with Crippen molar-refractivity contribution in [2.75, 3.05) is 25.0 Å². The van der Waals surface area contributed by atoms with Gasteiger partial charge in [0.1, 0.15) is 0 Å². The molecule has 1 aliphatic heterocycles. The van der Waals surface area contributed by atoms with Gasteiger partial charge in [-0.25, -0.2) is 0 Å². The molecular formula is C9H17BrN2O. The Kier molecular flexibility index (Phi) is 4.73. The molecule has 1 unspecified atom stereocenters. The molecule has 4 heteroatoms.